The van der Waals surface area contributed by atoms with Crippen LogP contribution >= 0.6 is 0 Å². The van der Waals surface area contributed by atoms with Gasteiger partial charge in [0.15, 0.2) is 0 Å². The third kappa shape index (κ3) is 3.12. The molecule has 2 aliphatic heterocycles. The maximum atomic E-state index is 12.5. The number of hydrogen-bond acceptors (Lipinski definition) is 4. The van der Waals surface area contributed by atoms with E-state index in [2.05, 4.69) is 10.00 Å². The average molecular weight is 316 g/mol. The molecular formula is C17H24N4O2. The van der Waals surface area contributed by atoms with Crippen LogP contribution < -0.4 is 10.5 Å². The van der Waals surface area contributed by atoms with Crippen molar-refractivity contribution in [1.29, 1.82) is 0 Å². The molecule has 1 saturated carbocycles. The lowest BCUT2D eigenvalue weighted by Crippen LogP contribution is -2.35. The first-order valence-corrected chi connectivity index (χ1v) is 8.81. The topological polar surface area (TPSA) is 58.4 Å². The Kier molecular flexibility index (Phi) is 3.83. The molecule has 1 aromatic rings. The van der Waals surface area contributed by atoms with E-state index in [1.54, 1.807) is 16.9 Å². The second kappa shape index (κ2) is 5.98. The molecule has 0 radical (unpaired) electrons. The van der Waals surface area contributed by atoms with Crippen LogP contribution in [0.4, 0.5) is 5.69 Å². The van der Waals surface area contributed by atoms with Gasteiger partial charge in [0.1, 0.15) is 0 Å². The molecule has 1 aromatic heterocycles. The number of likely N-dealkylation sites (tertiary alicyclic amines) is 1. The predicted octanol–water partition coefficient (Wildman–Crippen LogP) is 1.10. The SMILES string of the molecule is O=C(C1CCN(c2cnn(CC3CC3)c(=O)c2)C1)N1CCCC1. The molecule has 0 aromatic carbocycles. The van der Waals surface area contributed by atoms with E-state index in [0.717, 1.165) is 51.1 Å². The fourth-order valence-electron chi connectivity index (χ4n) is 3.67. The summed E-state index contributed by atoms with van der Waals surface area (Å²) < 4.78 is 1.57. The summed E-state index contributed by atoms with van der Waals surface area (Å²) >= 11 is 0. The third-order valence-corrected chi connectivity index (χ3v) is 5.30. The number of carbonyl (C=O) groups excluding carboxylic acids is 1. The predicted molar refractivity (Wildman–Crippen MR) is 87.4 cm³/mol. The van der Waals surface area contributed by atoms with E-state index in [4.69, 9.17) is 0 Å². The van der Waals surface area contributed by atoms with Gasteiger partial charge in [0.05, 0.1) is 17.8 Å². The molecule has 3 fully saturated rings. The maximum Gasteiger partial charge on any atom is 0.268 e. The van der Waals surface area contributed by atoms with Crippen LogP contribution in [0.25, 0.3) is 0 Å². The number of carbonyl (C=O) groups is 1. The summed E-state index contributed by atoms with van der Waals surface area (Å²) in [4.78, 5) is 28.8. The van der Waals surface area contributed by atoms with Crippen LogP contribution in [0.3, 0.4) is 0 Å². The van der Waals surface area contributed by atoms with Crippen LogP contribution in [0.15, 0.2) is 17.1 Å². The van der Waals surface area contributed by atoms with Gasteiger partial charge >= 0.3 is 0 Å². The highest BCUT2D eigenvalue weighted by molar-refractivity contribution is 5.80. The van der Waals surface area contributed by atoms with Gasteiger partial charge < -0.3 is 9.80 Å². The summed E-state index contributed by atoms with van der Waals surface area (Å²) in [5, 5.41) is 4.32. The summed E-state index contributed by atoms with van der Waals surface area (Å²) in [5.74, 6) is 1.00. The van der Waals surface area contributed by atoms with Crippen molar-refractivity contribution in [1.82, 2.24) is 14.7 Å². The average Bonchev–Trinajstić information content (AvgIpc) is 3.06. The van der Waals surface area contributed by atoms with Crippen molar-refractivity contribution in [3.63, 3.8) is 0 Å². The fourth-order valence-corrected chi connectivity index (χ4v) is 3.67. The molecule has 1 unspecified atom stereocenters. The van der Waals surface area contributed by atoms with E-state index >= 15 is 0 Å². The molecule has 124 valence electrons. The van der Waals surface area contributed by atoms with Crippen molar-refractivity contribution in [3.8, 4) is 0 Å². The molecule has 6 heteroatoms. The van der Waals surface area contributed by atoms with E-state index in [9.17, 15) is 9.59 Å². The summed E-state index contributed by atoms with van der Waals surface area (Å²) in [5.41, 5.74) is 0.836. The van der Waals surface area contributed by atoms with Gasteiger partial charge in [-0.25, -0.2) is 4.68 Å². The molecule has 3 aliphatic rings. The van der Waals surface area contributed by atoms with Gasteiger partial charge in [0, 0.05) is 38.8 Å². The second-order valence-electron chi connectivity index (χ2n) is 7.14. The first kappa shape index (κ1) is 14.7. The number of nitrogens with zero attached hydrogens (tertiary/aromatic N) is 4. The molecule has 6 nitrogen and oxygen atoms in total. The maximum absolute atomic E-state index is 12.5. The molecule has 0 spiro atoms. The summed E-state index contributed by atoms with van der Waals surface area (Å²) in [7, 11) is 0. The number of hydrogen-bond donors (Lipinski definition) is 0. The molecule has 1 atom stereocenters. The van der Waals surface area contributed by atoms with E-state index in [1.807, 2.05) is 4.90 Å². The molecule has 1 aliphatic carbocycles. The number of rotatable bonds is 4. The Labute approximate surface area is 136 Å². The van der Waals surface area contributed by atoms with Crippen molar-refractivity contribution in [2.75, 3.05) is 31.1 Å². The third-order valence-electron chi connectivity index (χ3n) is 5.30. The summed E-state index contributed by atoms with van der Waals surface area (Å²) in [6.45, 7) is 4.11. The van der Waals surface area contributed by atoms with Crippen molar-refractivity contribution < 1.29 is 4.79 Å². The lowest BCUT2D eigenvalue weighted by atomic mass is 10.1. The minimum absolute atomic E-state index is 0.0243. The molecule has 4 rings (SSSR count). The number of aromatic nitrogens is 2. The zero-order valence-corrected chi connectivity index (χ0v) is 13.5. The van der Waals surface area contributed by atoms with Crippen LogP contribution in [0.1, 0.15) is 32.1 Å². The van der Waals surface area contributed by atoms with Crippen molar-refractivity contribution >= 4 is 11.6 Å². The largest absolute Gasteiger partial charge is 0.369 e. The second-order valence-corrected chi connectivity index (χ2v) is 7.14. The van der Waals surface area contributed by atoms with Gasteiger partial charge in [-0.2, -0.15) is 5.10 Å². The van der Waals surface area contributed by atoms with Crippen molar-refractivity contribution in [2.24, 2.45) is 11.8 Å². The smallest absolute Gasteiger partial charge is 0.268 e. The highest BCUT2D eigenvalue weighted by Gasteiger charge is 2.33. The van der Waals surface area contributed by atoms with Gasteiger partial charge in [-0.15, -0.1) is 0 Å². The Hall–Kier alpha value is -1.85. The van der Waals surface area contributed by atoms with Crippen LogP contribution in [-0.2, 0) is 11.3 Å². The Balaban J connectivity index is 1.41. The number of amides is 1. The summed E-state index contributed by atoms with van der Waals surface area (Å²) in [6.07, 6.45) is 7.34. The Morgan fingerprint density at radius 1 is 1.17 bits per heavy atom. The highest BCUT2D eigenvalue weighted by atomic mass is 16.2. The number of anilines is 1. The fraction of sp³-hybridized carbons (Fsp3) is 0.706. The molecule has 3 heterocycles. The molecule has 0 bridgehead atoms. The van der Waals surface area contributed by atoms with Crippen LogP contribution in [0.2, 0.25) is 0 Å². The van der Waals surface area contributed by atoms with Gasteiger partial charge in [-0.1, -0.05) is 0 Å². The van der Waals surface area contributed by atoms with Crippen LogP contribution in [0, 0.1) is 11.8 Å². The first-order chi connectivity index (χ1) is 11.2. The lowest BCUT2D eigenvalue weighted by Gasteiger charge is -2.21. The van der Waals surface area contributed by atoms with Gasteiger partial charge in [0.2, 0.25) is 5.91 Å². The summed E-state index contributed by atoms with van der Waals surface area (Å²) in [6, 6.07) is 1.68. The minimum Gasteiger partial charge on any atom is -0.369 e. The van der Waals surface area contributed by atoms with E-state index in [-0.39, 0.29) is 11.5 Å². The van der Waals surface area contributed by atoms with Crippen LogP contribution in [0.5, 0.6) is 0 Å². The quantitative estimate of drug-likeness (QED) is 0.835. The monoisotopic (exact) mass is 316 g/mol. The standard InChI is InChI=1S/C17H24N4O2/c22-16-9-15(10-18-21(16)11-13-3-4-13)20-8-5-14(12-20)17(23)19-6-1-2-7-19/h9-10,13-14H,1-8,11-12H2. The normalized spacial score (nSPS) is 24.4. The highest BCUT2D eigenvalue weighted by Crippen LogP contribution is 2.30. The van der Waals surface area contributed by atoms with Gasteiger partial charge in [-0.3, -0.25) is 9.59 Å². The van der Waals surface area contributed by atoms with Gasteiger partial charge in [-0.05, 0) is 38.0 Å². The first-order valence-electron chi connectivity index (χ1n) is 8.81. The van der Waals surface area contributed by atoms with Crippen LogP contribution in [-0.4, -0.2) is 46.8 Å². The molecule has 1 amide bonds. The zero-order valence-electron chi connectivity index (χ0n) is 13.5. The minimum atomic E-state index is -0.0243. The van der Waals surface area contributed by atoms with E-state index in [1.165, 1.54) is 12.8 Å². The lowest BCUT2D eigenvalue weighted by molar-refractivity contribution is -0.133. The molecular weight excluding hydrogens is 292 g/mol. The zero-order chi connectivity index (χ0) is 15.8. The Bertz CT molecular complexity index is 646. The van der Waals surface area contributed by atoms with E-state index in [0.29, 0.717) is 18.4 Å². The van der Waals surface area contributed by atoms with E-state index < -0.39 is 0 Å². The molecule has 2 saturated heterocycles. The molecule has 0 N–H and O–H groups in total. The Morgan fingerprint density at radius 3 is 2.65 bits per heavy atom. The van der Waals surface area contributed by atoms with Gasteiger partial charge in [0.25, 0.3) is 5.56 Å². The Morgan fingerprint density at radius 2 is 1.96 bits per heavy atom. The molecule has 23 heavy (non-hydrogen) atoms. The van der Waals surface area contributed by atoms with Crippen molar-refractivity contribution in [3.05, 3.63) is 22.6 Å². The van der Waals surface area contributed by atoms with Crippen molar-refractivity contribution in [2.45, 2.75) is 38.6 Å².